The monoisotopic (exact) mass is 481 g/mol. The predicted octanol–water partition coefficient (Wildman–Crippen LogP) is 6.83. The summed E-state index contributed by atoms with van der Waals surface area (Å²) in [6.07, 6.45) is 7.09. The predicted molar refractivity (Wildman–Crippen MR) is 137 cm³/mol. The number of hydrogen-bond acceptors (Lipinski definition) is 5. The van der Waals surface area contributed by atoms with Gasteiger partial charge in [-0.3, -0.25) is 0 Å². The van der Waals surface area contributed by atoms with Crippen LogP contribution in [0.5, 0.6) is 11.5 Å². The fraction of sp³-hybridized carbons (Fsp3) is 0.200. The van der Waals surface area contributed by atoms with E-state index in [0.717, 1.165) is 24.0 Å². The normalized spacial score (nSPS) is 13.5. The summed E-state index contributed by atoms with van der Waals surface area (Å²) in [4.78, 5) is 12.8. The summed E-state index contributed by atoms with van der Waals surface area (Å²) in [7, 11) is 1.60. The zero-order valence-corrected chi connectivity index (χ0v) is 19.8. The van der Waals surface area contributed by atoms with Gasteiger partial charge in [0.15, 0.2) is 11.5 Å². The number of rotatable bonds is 7. The van der Waals surface area contributed by atoms with E-state index < -0.39 is 11.4 Å². The number of fused-ring (bicyclic) bond motifs is 1. The smallest absolute Gasteiger partial charge is 0.344 e. The van der Waals surface area contributed by atoms with E-state index in [4.69, 9.17) is 13.9 Å². The number of para-hydroxylation sites is 1. The molecule has 36 heavy (non-hydrogen) atoms. The molecule has 6 heteroatoms. The van der Waals surface area contributed by atoms with Crippen LogP contribution in [0.1, 0.15) is 36.1 Å². The van der Waals surface area contributed by atoms with E-state index in [1.165, 1.54) is 18.6 Å². The maximum absolute atomic E-state index is 13.9. The van der Waals surface area contributed by atoms with Crippen LogP contribution in [-0.4, -0.2) is 13.7 Å². The average molecular weight is 482 g/mol. The molecule has 0 atom stereocenters. The van der Waals surface area contributed by atoms with Crippen LogP contribution in [-0.2, 0) is 0 Å². The van der Waals surface area contributed by atoms with Gasteiger partial charge < -0.3 is 13.9 Å². The Hall–Kier alpha value is -4.37. The van der Waals surface area contributed by atoms with E-state index in [1.807, 2.05) is 24.3 Å². The first-order valence-electron chi connectivity index (χ1n) is 11.8. The van der Waals surface area contributed by atoms with Crippen LogP contribution in [0.4, 0.5) is 4.39 Å². The minimum Gasteiger partial charge on any atom is -0.493 e. The van der Waals surface area contributed by atoms with E-state index in [2.05, 4.69) is 6.07 Å². The molecule has 0 bridgehead atoms. The molecular formula is C30H24FNO4. The van der Waals surface area contributed by atoms with Crippen LogP contribution in [0.25, 0.3) is 34.1 Å². The second-order valence-corrected chi connectivity index (χ2v) is 8.83. The first kappa shape index (κ1) is 23.4. The van der Waals surface area contributed by atoms with Crippen molar-refractivity contribution in [2.24, 2.45) is 5.92 Å². The van der Waals surface area contributed by atoms with Crippen LogP contribution in [0.15, 0.2) is 69.9 Å². The van der Waals surface area contributed by atoms with Crippen molar-refractivity contribution in [3.63, 3.8) is 0 Å². The summed E-state index contributed by atoms with van der Waals surface area (Å²) in [5, 5.41) is 9.89. The number of halogens is 1. The van der Waals surface area contributed by atoms with Crippen molar-refractivity contribution in [1.82, 2.24) is 0 Å². The van der Waals surface area contributed by atoms with Crippen molar-refractivity contribution < 1.29 is 18.3 Å². The molecule has 1 saturated carbocycles. The van der Waals surface area contributed by atoms with Crippen molar-refractivity contribution in [2.75, 3.05) is 13.7 Å². The summed E-state index contributed by atoms with van der Waals surface area (Å²) in [5.74, 6) is 1.60. The van der Waals surface area contributed by atoms with Crippen molar-refractivity contribution >= 4 is 22.9 Å². The fourth-order valence-corrected chi connectivity index (χ4v) is 4.37. The Morgan fingerprint density at radius 3 is 2.58 bits per heavy atom. The lowest BCUT2D eigenvalue weighted by Crippen LogP contribution is -2.19. The molecular weight excluding hydrogens is 457 g/mol. The van der Waals surface area contributed by atoms with Crippen LogP contribution in [0, 0.1) is 23.1 Å². The summed E-state index contributed by atoms with van der Waals surface area (Å²) < 4.78 is 31.3. The first-order valence-corrected chi connectivity index (χ1v) is 11.8. The topological polar surface area (TPSA) is 72.5 Å². The molecule has 0 N–H and O–H groups in total. The molecule has 1 aliphatic carbocycles. The molecule has 1 aromatic heterocycles. The van der Waals surface area contributed by atoms with Crippen molar-refractivity contribution in [3.05, 3.63) is 93.8 Å². The van der Waals surface area contributed by atoms with Gasteiger partial charge in [-0.05, 0) is 66.8 Å². The van der Waals surface area contributed by atoms with Gasteiger partial charge in [-0.1, -0.05) is 36.8 Å². The standard InChI is InChI=1S/C30H24FNO4/c1-34-27-7-3-6-22(29(27)35-18-20-4-2-5-20)12-15-26-28(21-10-8-19(17-32)9-11-21)24-14-13-23(31)16-25(24)30(33)36-26/h3,6-16,20H,2,4-5,18H2,1H3. The molecule has 5 nitrogen and oxygen atoms in total. The molecule has 0 unspecified atom stereocenters. The average Bonchev–Trinajstić information content (AvgIpc) is 2.87. The molecule has 0 amide bonds. The second-order valence-electron chi connectivity index (χ2n) is 8.83. The van der Waals surface area contributed by atoms with Crippen LogP contribution in [0.3, 0.4) is 0 Å². The summed E-state index contributed by atoms with van der Waals surface area (Å²) in [5.41, 5.74) is 2.02. The quantitative estimate of drug-likeness (QED) is 0.289. The van der Waals surface area contributed by atoms with Crippen molar-refractivity contribution in [3.8, 4) is 28.7 Å². The highest BCUT2D eigenvalue weighted by Gasteiger charge is 2.20. The molecule has 3 aromatic carbocycles. The largest absolute Gasteiger partial charge is 0.493 e. The van der Waals surface area contributed by atoms with Gasteiger partial charge in [0, 0.05) is 16.5 Å². The molecule has 0 spiro atoms. The Kier molecular flexibility index (Phi) is 6.55. The van der Waals surface area contributed by atoms with Gasteiger partial charge in [0.25, 0.3) is 0 Å². The SMILES string of the molecule is COc1cccc(C=Cc2oc(=O)c3cc(F)ccc3c2-c2ccc(C#N)cc2)c1OCC1CCC1. The summed E-state index contributed by atoms with van der Waals surface area (Å²) in [6, 6.07) is 18.8. The van der Waals surface area contributed by atoms with Crippen molar-refractivity contribution in [2.45, 2.75) is 19.3 Å². The van der Waals surface area contributed by atoms with Gasteiger partial charge in [0.05, 0.1) is 30.7 Å². The molecule has 0 radical (unpaired) electrons. The van der Waals surface area contributed by atoms with E-state index in [-0.39, 0.29) is 5.39 Å². The third kappa shape index (κ3) is 4.60. The first-order chi connectivity index (χ1) is 17.6. The molecule has 0 aliphatic heterocycles. The molecule has 0 saturated heterocycles. The molecule has 1 heterocycles. The number of hydrogen-bond donors (Lipinski definition) is 0. The third-order valence-electron chi connectivity index (χ3n) is 6.55. The Balaban J connectivity index is 1.62. The number of ether oxygens (including phenoxy) is 2. The van der Waals surface area contributed by atoms with E-state index in [1.54, 1.807) is 43.5 Å². The van der Waals surface area contributed by atoms with Crippen LogP contribution < -0.4 is 15.1 Å². The molecule has 180 valence electrons. The van der Waals surface area contributed by atoms with Crippen molar-refractivity contribution in [1.29, 1.82) is 5.26 Å². The van der Waals surface area contributed by atoms with Gasteiger partial charge in [0.1, 0.15) is 11.6 Å². The number of methoxy groups -OCH3 is 1. The lowest BCUT2D eigenvalue weighted by atomic mass is 9.86. The molecule has 1 aliphatic rings. The third-order valence-corrected chi connectivity index (χ3v) is 6.55. The van der Waals surface area contributed by atoms with E-state index in [0.29, 0.717) is 46.3 Å². The maximum Gasteiger partial charge on any atom is 0.344 e. The lowest BCUT2D eigenvalue weighted by Gasteiger charge is -2.26. The van der Waals surface area contributed by atoms with Gasteiger partial charge >= 0.3 is 5.63 Å². The molecule has 4 aromatic rings. The second kappa shape index (κ2) is 10.1. The molecule has 5 rings (SSSR count). The fourth-order valence-electron chi connectivity index (χ4n) is 4.37. The highest BCUT2D eigenvalue weighted by atomic mass is 19.1. The minimum atomic E-state index is -0.631. The van der Waals surface area contributed by atoms with Crippen LogP contribution >= 0.6 is 0 Å². The van der Waals surface area contributed by atoms with E-state index >= 15 is 0 Å². The summed E-state index contributed by atoms with van der Waals surface area (Å²) in [6.45, 7) is 0.619. The zero-order chi connectivity index (χ0) is 25.1. The Morgan fingerprint density at radius 2 is 1.89 bits per heavy atom. The zero-order valence-electron chi connectivity index (χ0n) is 19.8. The van der Waals surface area contributed by atoms with Gasteiger partial charge in [0.2, 0.25) is 0 Å². The van der Waals surface area contributed by atoms with E-state index in [9.17, 15) is 14.4 Å². The Bertz CT molecular complexity index is 1540. The summed E-state index contributed by atoms with van der Waals surface area (Å²) >= 11 is 0. The molecule has 1 fully saturated rings. The minimum absolute atomic E-state index is 0.150. The lowest BCUT2D eigenvalue weighted by molar-refractivity contribution is 0.175. The van der Waals surface area contributed by atoms with Gasteiger partial charge in [-0.2, -0.15) is 5.26 Å². The Morgan fingerprint density at radius 1 is 1.08 bits per heavy atom. The maximum atomic E-state index is 13.9. The number of nitriles is 1. The van der Waals surface area contributed by atoms with Crippen LogP contribution in [0.2, 0.25) is 0 Å². The highest BCUT2D eigenvalue weighted by Crippen LogP contribution is 2.36. The van der Waals surface area contributed by atoms with Gasteiger partial charge in [-0.15, -0.1) is 0 Å². The highest BCUT2D eigenvalue weighted by molar-refractivity contribution is 5.99. The number of nitrogens with zero attached hydrogens (tertiary/aromatic N) is 1. The van der Waals surface area contributed by atoms with Gasteiger partial charge in [-0.25, -0.2) is 9.18 Å². The number of benzene rings is 3. The Labute approximate surface area is 208 Å².